The van der Waals surface area contributed by atoms with Gasteiger partial charge in [0, 0.05) is 46.8 Å². The fourth-order valence-electron chi connectivity index (χ4n) is 6.00. The summed E-state index contributed by atoms with van der Waals surface area (Å²) in [6.45, 7) is 1.97. The molecule has 1 saturated heterocycles. The van der Waals surface area contributed by atoms with E-state index in [4.69, 9.17) is 4.74 Å². The third-order valence-corrected chi connectivity index (χ3v) is 8.33. The molecule has 2 amide bonds. The summed E-state index contributed by atoms with van der Waals surface area (Å²) in [5.74, 6) is -0.682. The SMILES string of the molecule is CC(=O)Nc1ccc(C2=CC3(C(=O)O2)C(c2cccs2)CN(C)C32C(=O)Nc3ccccc32)cc1. The molecular formula is C27H23N3O4S. The minimum atomic E-state index is -1.26. The van der Waals surface area contributed by atoms with Crippen molar-refractivity contribution in [2.45, 2.75) is 18.4 Å². The Morgan fingerprint density at radius 2 is 1.89 bits per heavy atom. The standard InChI is InChI=1S/C27H23N3O4S/c1-16(31)28-18-11-9-17(10-12-18)22-14-26(25(33)34-22)20(23-8-5-13-35-23)15-30(2)27(26)19-6-3-4-7-21(19)29-24(27)32/h3-14,20H,15H2,1-2H3,(H,28,31)(H,29,32). The van der Waals surface area contributed by atoms with Crippen molar-refractivity contribution in [1.82, 2.24) is 4.90 Å². The third-order valence-electron chi connectivity index (χ3n) is 7.35. The minimum absolute atomic E-state index is 0.163. The second-order valence-electron chi connectivity index (χ2n) is 9.18. The average molecular weight is 486 g/mol. The van der Waals surface area contributed by atoms with Crippen LogP contribution in [-0.4, -0.2) is 36.3 Å². The van der Waals surface area contributed by atoms with Gasteiger partial charge in [0.1, 0.15) is 16.7 Å². The number of hydrogen-bond acceptors (Lipinski definition) is 6. The van der Waals surface area contributed by atoms with Crippen LogP contribution < -0.4 is 10.6 Å². The first-order valence-electron chi connectivity index (χ1n) is 11.4. The number of para-hydroxylation sites is 1. The van der Waals surface area contributed by atoms with Gasteiger partial charge in [-0.25, -0.2) is 0 Å². The summed E-state index contributed by atoms with van der Waals surface area (Å²) in [5.41, 5.74) is 0.346. The number of anilines is 2. The number of nitrogens with zero attached hydrogens (tertiary/aromatic N) is 1. The molecule has 35 heavy (non-hydrogen) atoms. The van der Waals surface area contributed by atoms with E-state index < -0.39 is 16.9 Å². The lowest BCUT2D eigenvalue weighted by atomic mass is 9.62. The molecule has 3 aromatic rings. The van der Waals surface area contributed by atoms with Crippen LogP contribution in [0.25, 0.3) is 5.76 Å². The molecule has 2 spiro atoms. The van der Waals surface area contributed by atoms with Crippen molar-refractivity contribution in [2.24, 2.45) is 5.41 Å². The molecule has 176 valence electrons. The summed E-state index contributed by atoms with van der Waals surface area (Å²) in [4.78, 5) is 42.3. The Morgan fingerprint density at radius 1 is 1.11 bits per heavy atom. The highest BCUT2D eigenvalue weighted by atomic mass is 32.1. The normalized spacial score (nSPS) is 27.1. The molecule has 0 aliphatic carbocycles. The summed E-state index contributed by atoms with van der Waals surface area (Å²) in [6, 6.07) is 18.7. The number of carbonyl (C=O) groups excluding carboxylic acids is 3. The molecule has 0 radical (unpaired) electrons. The molecule has 8 heteroatoms. The van der Waals surface area contributed by atoms with Gasteiger partial charge in [-0.2, -0.15) is 0 Å². The van der Waals surface area contributed by atoms with Crippen LogP contribution in [0.3, 0.4) is 0 Å². The second kappa shape index (κ2) is 7.63. The maximum atomic E-state index is 14.0. The monoisotopic (exact) mass is 485 g/mol. The molecule has 1 aromatic heterocycles. The number of amides is 2. The zero-order chi connectivity index (χ0) is 24.4. The van der Waals surface area contributed by atoms with Crippen LogP contribution in [0.2, 0.25) is 0 Å². The molecule has 3 aliphatic heterocycles. The quantitative estimate of drug-likeness (QED) is 0.544. The van der Waals surface area contributed by atoms with Gasteiger partial charge in [0.05, 0.1) is 0 Å². The zero-order valence-corrected chi connectivity index (χ0v) is 20.0. The number of thiophene rings is 1. The van der Waals surface area contributed by atoms with Gasteiger partial charge >= 0.3 is 5.97 Å². The van der Waals surface area contributed by atoms with Crippen LogP contribution in [0.15, 0.2) is 72.1 Å². The largest absolute Gasteiger partial charge is 0.425 e. The zero-order valence-electron chi connectivity index (χ0n) is 19.2. The predicted octanol–water partition coefficient (Wildman–Crippen LogP) is 4.17. The van der Waals surface area contributed by atoms with Crippen molar-refractivity contribution in [2.75, 3.05) is 24.2 Å². The molecule has 0 bridgehead atoms. The molecule has 6 rings (SSSR count). The Bertz CT molecular complexity index is 1400. The fourth-order valence-corrected chi connectivity index (χ4v) is 6.89. The van der Waals surface area contributed by atoms with E-state index in [1.54, 1.807) is 35.6 Å². The van der Waals surface area contributed by atoms with Gasteiger partial charge in [-0.1, -0.05) is 24.3 Å². The van der Waals surface area contributed by atoms with E-state index in [1.807, 2.05) is 59.8 Å². The molecule has 1 fully saturated rings. The first-order chi connectivity index (χ1) is 16.9. The Labute approximate surface area is 206 Å². The second-order valence-corrected chi connectivity index (χ2v) is 10.2. The van der Waals surface area contributed by atoms with E-state index in [9.17, 15) is 14.4 Å². The molecular weight excluding hydrogens is 462 g/mol. The molecule has 7 nitrogen and oxygen atoms in total. The molecule has 3 atom stereocenters. The van der Waals surface area contributed by atoms with Gasteiger partial charge < -0.3 is 15.4 Å². The number of likely N-dealkylation sites (tertiary alicyclic amines) is 1. The van der Waals surface area contributed by atoms with Crippen LogP contribution in [0.5, 0.6) is 0 Å². The van der Waals surface area contributed by atoms with Crippen LogP contribution in [0.1, 0.15) is 28.8 Å². The number of cyclic esters (lactones) is 1. The lowest BCUT2D eigenvalue weighted by Crippen LogP contribution is -2.57. The smallest absolute Gasteiger partial charge is 0.325 e. The number of rotatable bonds is 3. The summed E-state index contributed by atoms with van der Waals surface area (Å²) < 4.78 is 5.97. The Kier molecular flexibility index (Phi) is 4.74. The first-order valence-corrected chi connectivity index (χ1v) is 12.2. The Hall–Kier alpha value is -3.75. The van der Waals surface area contributed by atoms with Gasteiger partial charge in [-0.3, -0.25) is 19.3 Å². The highest BCUT2D eigenvalue weighted by molar-refractivity contribution is 7.10. The maximum absolute atomic E-state index is 14.0. The highest BCUT2D eigenvalue weighted by Gasteiger charge is 2.75. The number of likely N-dealkylation sites (N-methyl/N-ethyl adjacent to an activating group) is 1. The number of carbonyl (C=O) groups is 3. The van der Waals surface area contributed by atoms with Gasteiger partial charge in [-0.15, -0.1) is 11.3 Å². The Balaban J connectivity index is 1.56. The van der Waals surface area contributed by atoms with Crippen molar-refractivity contribution in [3.63, 3.8) is 0 Å². The lowest BCUT2D eigenvalue weighted by molar-refractivity contribution is -0.153. The number of benzene rings is 2. The topological polar surface area (TPSA) is 87.7 Å². The van der Waals surface area contributed by atoms with Crippen LogP contribution in [0.4, 0.5) is 11.4 Å². The molecule has 4 heterocycles. The van der Waals surface area contributed by atoms with E-state index in [2.05, 4.69) is 10.6 Å². The average Bonchev–Trinajstić information content (AvgIpc) is 3.58. The van der Waals surface area contributed by atoms with Gasteiger partial charge in [-0.05, 0) is 54.9 Å². The van der Waals surface area contributed by atoms with Crippen molar-refractivity contribution >= 4 is 46.3 Å². The molecule has 2 aromatic carbocycles. The lowest BCUT2D eigenvalue weighted by Gasteiger charge is -2.40. The summed E-state index contributed by atoms with van der Waals surface area (Å²) in [5, 5.41) is 7.76. The molecule has 2 N–H and O–H groups in total. The van der Waals surface area contributed by atoms with E-state index in [1.165, 1.54) is 6.92 Å². The summed E-state index contributed by atoms with van der Waals surface area (Å²) >= 11 is 1.58. The number of nitrogens with one attached hydrogen (secondary N) is 2. The van der Waals surface area contributed by atoms with E-state index in [0.717, 1.165) is 10.4 Å². The van der Waals surface area contributed by atoms with Crippen LogP contribution >= 0.6 is 11.3 Å². The molecule has 3 unspecified atom stereocenters. The van der Waals surface area contributed by atoms with Gasteiger partial charge in [0.25, 0.3) is 5.91 Å². The third kappa shape index (κ3) is 2.84. The van der Waals surface area contributed by atoms with Gasteiger partial charge in [0.15, 0.2) is 0 Å². The number of fused-ring (bicyclic) bond motifs is 3. The van der Waals surface area contributed by atoms with Gasteiger partial charge in [0.2, 0.25) is 5.91 Å². The number of esters is 1. The number of ether oxygens (including phenoxy) is 1. The maximum Gasteiger partial charge on any atom is 0.325 e. The predicted molar refractivity (Wildman–Crippen MR) is 134 cm³/mol. The molecule has 3 aliphatic rings. The van der Waals surface area contributed by atoms with Crippen molar-refractivity contribution in [1.29, 1.82) is 0 Å². The first kappa shape index (κ1) is 21.8. The van der Waals surface area contributed by atoms with Crippen LogP contribution in [-0.2, 0) is 24.7 Å². The highest BCUT2D eigenvalue weighted by Crippen LogP contribution is 2.66. The number of hydrogen-bond donors (Lipinski definition) is 2. The minimum Gasteiger partial charge on any atom is -0.425 e. The van der Waals surface area contributed by atoms with Crippen molar-refractivity contribution in [3.05, 3.63) is 88.1 Å². The summed E-state index contributed by atoms with van der Waals surface area (Å²) in [7, 11) is 1.90. The fraction of sp³-hybridized carbons (Fsp3) is 0.222. The van der Waals surface area contributed by atoms with E-state index in [-0.39, 0.29) is 17.7 Å². The van der Waals surface area contributed by atoms with Crippen molar-refractivity contribution < 1.29 is 19.1 Å². The van der Waals surface area contributed by atoms with Crippen LogP contribution in [0, 0.1) is 5.41 Å². The summed E-state index contributed by atoms with van der Waals surface area (Å²) in [6.07, 6.45) is 1.86. The van der Waals surface area contributed by atoms with Crippen molar-refractivity contribution in [3.8, 4) is 0 Å². The molecule has 0 saturated carbocycles. The Morgan fingerprint density at radius 3 is 2.60 bits per heavy atom. The van der Waals surface area contributed by atoms with E-state index in [0.29, 0.717) is 29.2 Å². The van der Waals surface area contributed by atoms with E-state index >= 15 is 0 Å².